The van der Waals surface area contributed by atoms with Crippen molar-refractivity contribution in [3.8, 4) is 5.75 Å². The Labute approximate surface area is 115 Å². The van der Waals surface area contributed by atoms with Gasteiger partial charge >= 0.3 is 0 Å². The first-order valence-electron chi connectivity index (χ1n) is 6.66. The van der Waals surface area contributed by atoms with E-state index < -0.39 is 0 Å². The molecular weight excluding hydrogens is 236 g/mol. The van der Waals surface area contributed by atoms with E-state index in [2.05, 4.69) is 68.7 Å². The third-order valence-corrected chi connectivity index (χ3v) is 4.05. The van der Waals surface area contributed by atoms with Crippen LogP contribution < -0.4 is 4.74 Å². The van der Waals surface area contributed by atoms with Crippen LogP contribution in [0, 0.1) is 6.92 Å². The molecule has 19 heavy (non-hydrogen) atoms. The molecule has 3 heteroatoms. The van der Waals surface area contributed by atoms with E-state index in [0.29, 0.717) is 0 Å². The predicted octanol–water partition coefficient (Wildman–Crippen LogP) is 3.30. The Morgan fingerprint density at radius 2 is 1.89 bits per heavy atom. The maximum Gasteiger partial charge on any atom is 0.146 e. The van der Waals surface area contributed by atoms with Gasteiger partial charge in [0.2, 0.25) is 0 Å². The van der Waals surface area contributed by atoms with Crippen LogP contribution in [0.4, 0.5) is 0 Å². The van der Waals surface area contributed by atoms with Gasteiger partial charge in [0, 0.05) is 23.7 Å². The highest BCUT2D eigenvalue weighted by Crippen LogP contribution is 2.31. The molecule has 0 saturated heterocycles. The van der Waals surface area contributed by atoms with Crippen LogP contribution in [0.25, 0.3) is 10.9 Å². The lowest BCUT2D eigenvalue weighted by atomic mass is 10.0. The number of methoxy groups -OCH3 is 1. The Bertz CT molecular complexity index is 582. The molecule has 0 bridgehead atoms. The van der Waals surface area contributed by atoms with Crippen LogP contribution in [0.15, 0.2) is 24.4 Å². The van der Waals surface area contributed by atoms with E-state index in [0.717, 1.165) is 12.3 Å². The van der Waals surface area contributed by atoms with Crippen LogP contribution >= 0.6 is 0 Å². The topological polar surface area (TPSA) is 17.4 Å². The van der Waals surface area contributed by atoms with E-state index in [1.54, 1.807) is 7.11 Å². The van der Waals surface area contributed by atoms with Gasteiger partial charge in [0.25, 0.3) is 0 Å². The molecule has 104 valence electrons. The van der Waals surface area contributed by atoms with Crippen LogP contribution in [0.1, 0.15) is 19.4 Å². The second kappa shape index (κ2) is 4.89. The zero-order valence-corrected chi connectivity index (χ0v) is 12.8. The van der Waals surface area contributed by atoms with Gasteiger partial charge in [0.1, 0.15) is 5.75 Å². The number of rotatable bonds is 4. The summed E-state index contributed by atoms with van der Waals surface area (Å²) < 4.78 is 7.89. The van der Waals surface area contributed by atoms with Gasteiger partial charge in [-0.05, 0) is 46.5 Å². The fourth-order valence-electron chi connectivity index (χ4n) is 2.31. The van der Waals surface area contributed by atoms with Gasteiger partial charge in [-0.25, -0.2) is 0 Å². The molecule has 0 radical (unpaired) electrons. The lowest BCUT2D eigenvalue weighted by Gasteiger charge is -2.33. The van der Waals surface area contributed by atoms with Crippen LogP contribution in [-0.4, -0.2) is 36.2 Å². The van der Waals surface area contributed by atoms with Crippen molar-refractivity contribution in [2.24, 2.45) is 0 Å². The standard InChI is InChI=1S/C16H24N2O/c1-12-7-8-13-9-10-18(14(13)15(12)19-6)11-16(2,3)17(4)5/h7-10H,11H2,1-6H3. The molecule has 2 aromatic rings. The number of aryl methyl sites for hydroxylation is 1. The molecule has 0 aliphatic rings. The summed E-state index contributed by atoms with van der Waals surface area (Å²) in [5, 5.41) is 1.23. The first-order chi connectivity index (χ1) is 8.86. The highest BCUT2D eigenvalue weighted by molar-refractivity contribution is 5.87. The van der Waals surface area contributed by atoms with Crippen LogP contribution in [0.3, 0.4) is 0 Å². The second-order valence-electron chi connectivity index (χ2n) is 6.00. The minimum absolute atomic E-state index is 0.0979. The second-order valence-corrected chi connectivity index (χ2v) is 6.00. The molecule has 0 fully saturated rings. The molecule has 0 spiro atoms. The molecule has 0 aliphatic carbocycles. The largest absolute Gasteiger partial charge is 0.494 e. The van der Waals surface area contributed by atoms with Crippen molar-refractivity contribution in [2.45, 2.75) is 32.9 Å². The zero-order valence-electron chi connectivity index (χ0n) is 12.8. The number of benzene rings is 1. The summed E-state index contributed by atoms with van der Waals surface area (Å²) in [4.78, 5) is 2.25. The molecule has 0 amide bonds. The van der Waals surface area contributed by atoms with Crippen molar-refractivity contribution in [1.82, 2.24) is 9.47 Å². The Balaban J connectivity index is 2.53. The van der Waals surface area contributed by atoms with Gasteiger partial charge in [0.05, 0.1) is 12.6 Å². The molecule has 0 atom stereocenters. The summed E-state index contributed by atoms with van der Waals surface area (Å²) >= 11 is 0. The average Bonchev–Trinajstić information content (AvgIpc) is 2.72. The quantitative estimate of drug-likeness (QED) is 0.839. The summed E-state index contributed by atoms with van der Waals surface area (Å²) in [6.45, 7) is 7.53. The van der Waals surface area contributed by atoms with E-state index in [-0.39, 0.29) is 5.54 Å². The van der Waals surface area contributed by atoms with Crippen LogP contribution in [0.2, 0.25) is 0 Å². The summed E-state index contributed by atoms with van der Waals surface area (Å²) in [7, 11) is 5.98. The molecule has 1 aromatic carbocycles. The Hall–Kier alpha value is -1.48. The Morgan fingerprint density at radius 1 is 1.21 bits per heavy atom. The first-order valence-corrected chi connectivity index (χ1v) is 6.66. The lowest BCUT2D eigenvalue weighted by molar-refractivity contribution is 0.171. The number of likely N-dealkylation sites (N-methyl/N-ethyl adjacent to an activating group) is 1. The molecule has 1 heterocycles. The SMILES string of the molecule is COc1c(C)ccc2ccn(CC(C)(C)N(C)C)c12. The summed E-state index contributed by atoms with van der Waals surface area (Å²) in [5.74, 6) is 0.983. The maximum absolute atomic E-state index is 5.60. The molecule has 0 N–H and O–H groups in total. The molecule has 0 aliphatic heterocycles. The van der Waals surface area contributed by atoms with Gasteiger partial charge in [-0.2, -0.15) is 0 Å². The lowest BCUT2D eigenvalue weighted by Crippen LogP contribution is -2.41. The number of hydrogen-bond acceptors (Lipinski definition) is 2. The van der Waals surface area contributed by atoms with Gasteiger partial charge in [0.15, 0.2) is 0 Å². The third-order valence-electron chi connectivity index (χ3n) is 4.05. The van der Waals surface area contributed by atoms with E-state index in [4.69, 9.17) is 4.74 Å². The van der Waals surface area contributed by atoms with Crippen molar-refractivity contribution in [1.29, 1.82) is 0 Å². The zero-order chi connectivity index (χ0) is 14.2. The fourth-order valence-corrected chi connectivity index (χ4v) is 2.31. The van der Waals surface area contributed by atoms with E-state index in [1.165, 1.54) is 16.5 Å². The number of aromatic nitrogens is 1. The smallest absolute Gasteiger partial charge is 0.146 e. The fraction of sp³-hybridized carbons (Fsp3) is 0.500. The monoisotopic (exact) mass is 260 g/mol. The average molecular weight is 260 g/mol. The molecule has 1 aromatic heterocycles. The molecule has 0 saturated carbocycles. The number of hydrogen-bond donors (Lipinski definition) is 0. The predicted molar refractivity (Wildman–Crippen MR) is 81.0 cm³/mol. The number of nitrogens with zero attached hydrogens (tertiary/aromatic N) is 2. The normalized spacial score (nSPS) is 12.4. The van der Waals surface area contributed by atoms with Gasteiger partial charge < -0.3 is 14.2 Å². The van der Waals surface area contributed by atoms with Gasteiger partial charge in [-0.1, -0.05) is 12.1 Å². The Morgan fingerprint density at radius 3 is 2.47 bits per heavy atom. The van der Waals surface area contributed by atoms with Crippen LogP contribution in [-0.2, 0) is 6.54 Å². The third kappa shape index (κ3) is 2.47. The summed E-state index contributed by atoms with van der Waals surface area (Å²) in [5.41, 5.74) is 2.47. The van der Waals surface area contributed by atoms with Crippen molar-refractivity contribution in [2.75, 3.05) is 21.2 Å². The van der Waals surface area contributed by atoms with E-state index >= 15 is 0 Å². The van der Waals surface area contributed by atoms with Gasteiger partial charge in [-0.3, -0.25) is 0 Å². The molecule has 0 unspecified atom stereocenters. The minimum atomic E-state index is 0.0979. The van der Waals surface area contributed by atoms with Crippen molar-refractivity contribution >= 4 is 10.9 Å². The molecule has 3 nitrogen and oxygen atoms in total. The van der Waals surface area contributed by atoms with Gasteiger partial charge in [-0.15, -0.1) is 0 Å². The highest BCUT2D eigenvalue weighted by Gasteiger charge is 2.22. The van der Waals surface area contributed by atoms with Crippen molar-refractivity contribution in [3.05, 3.63) is 30.0 Å². The number of ether oxygens (including phenoxy) is 1. The van der Waals surface area contributed by atoms with Crippen LogP contribution in [0.5, 0.6) is 5.75 Å². The Kier molecular flexibility index (Phi) is 3.59. The first kappa shape index (κ1) is 13.9. The number of fused-ring (bicyclic) bond motifs is 1. The van der Waals surface area contributed by atoms with E-state index in [9.17, 15) is 0 Å². The highest BCUT2D eigenvalue weighted by atomic mass is 16.5. The summed E-state index contributed by atoms with van der Waals surface area (Å²) in [6.07, 6.45) is 2.15. The maximum atomic E-state index is 5.60. The molecule has 2 rings (SSSR count). The minimum Gasteiger partial charge on any atom is -0.494 e. The van der Waals surface area contributed by atoms with Crippen molar-refractivity contribution < 1.29 is 4.74 Å². The molecular formula is C16H24N2O. The summed E-state index contributed by atoms with van der Waals surface area (Å²) in [6, 6.07) is 6.43. The van der Waals surface area contributed by atoms with Crippen molar-refractivity contribution in [3.63, 3.8) is 0 Å². The van der Waals surface area contributed by atoms with E-state index in [1.807, 2.05) is 0 Å².